The Morgan fingerprint density at radius 2 is 1.73 bits per heavy atom. The molecular formula is C19H22Cl2Zr. The fourth-order valence-electron chi connectivity index (χ4n) is 1.54. The molecule has 116 valence electrons. The fourth-order valence-corrected chi connectivity index (χ4v) is 1.95. The molecule has 1 aromatic rings. The van der Waals surface area contributed by atoms with E-state index in [0.717, 1.165) is 12.8 Å². The van der Waals surface area contributed by atoms with Gasteiger partial charge in [-0.1, -0.05) is 6.92 Å². The van der Waals surface area contributed by atoms with Gasteiger partial charge in [-0.2, -0.15) is 12.2 Å². The van der Waals surface area contributed by atoms with Crippen molar-refractivity contribution < 1.29 is 24.2 Å². The van der Waals surface area contributed by atoms with E-state index >= 15 is 0 Å². The third-order valence-corrected chi connectivity index (χ3v) is 3.37. The second kappa shape index (κ2) is 15.4. The normalized spacial score (nSPS) is 12.8. The summed E-state index contributed by atoms with van der Waals surface area (Å²) in [5.74, 6) is 0. The summed E-state index contributed by atoms with van der Waals surface area (Å²) in [5, 5.41) is 0. The van der Waals surface area contributed by atoms with Crippen molar-refractivity contribution >= 4 is 28.0 Å². The van der Waals surface area contributed by atoms with Crippen molar-refractivity contribution in [2.45, 2.75) is 26.7 Å². The van der Waals surface area contributed by atoms with E-state index in [1.165, 1.54) is 38.6 Å². The second-order valence-electron chi connectivity index (χ2n) is 4.46. The van der Waals surface area contributed by atoms with Gasteiger partial charge in [0.1, 0.15) is 0 Å². The Morgan fingerprint density at radius 3 is 1.95 bits per heavy atom. The molecule has 0 fully saturated rings. The molecule has 0 spiro atoms. The maximum absolute atomic E-state index is 3.12. The molecule has 0 amide bonds. The summed E-state index contributed by atoms with van der Waals surface area (Å²) in [6.07, 6.45) is 18.3. The van der Waals surface area contributed by atoms with Crippen LogP contribution < -0.4 is 0 Å². The molecule has 0 radical (unpaired) electrons. The van der Waals surface area contributed by atoms with Crippen LogP contribution in [0.15, 0.2) is 66.3 Å². The average molecular weight is 413 g/mol. The van der Waals surface area contributed by atoms with Crippen LogP contribution in [0, 0.1) is 12.2 Å². The number of halogens is 2. The maximum Gasteiger partial charge on any atom is -0.109 e. The van der Waals surface area contributed by atoms with E-state index in [-0.39, 0.29) is 24.8 Å². The van der Waals surface area contributed by atoms with Gasteiger partial charge in [0, 0.05) is 0 Å². The minimum Gasteiger partial charge on any atom is -0.273 e. The Labute approximate surface area is 162 Å². The van der Waals surface area contributed by atoms with Gasteiger partial charge in [-0.05, 0) is 0 Å². The van der Waals surface area contributed by atoms with Crippen LogP contribution in [0.5, 0.6) is 0 Å². The van der Waals surface area contributed by atoms with Crippen molar-refractivity contribution in [2.75, 3.05) is 0 Å². The number of rotatable bonds is 1. The van der Waals surface area contributed by atoms with Crippen LogP contribution in [0.3, 0.4) is 0 Å². The first-order valence-electron chi connectivity index (χ1n) is 6.76. The molecule has 0 unspecified atom stereocenters. The molecule has 2 aliphatic rings. The Bertz CT molecular complexity index is 513. The van der Waals surface area contributed by atoms with E-state index in [0.29, 0.717) is 0 Å². The van der Waals surface area contributed by atoms with Gasteiger partial charge in [0.05, 0.1) is 0 Å². The Balaban J connectivity index is 0. The van der Waals surface area contributed by atoms with Gasteiger partial charge in [-0.15, -0.1) is 37.7 Å². The maximum atomic E-state index is 3.12. The van der Waals surface area contributed by atoms with Gasteiger partial charge in [0.2, 0.25) is 0 Å². The number of benzene rings is 1. The molecule has 3 rings (SSSR count). The molecule has 0 saturated heterocycles. The monoisotopic (exact) mass is 410 g/mol. The summed E-state index contributed by atoms with van der Waals surface area (Å²) in [6, 6.07) is 10.5. The van der Waals surface area contributed by atoms with E-state index in [1.807, 2.05) is 18.2 Å². The van der Waals surface area contributed by atoms with Gasteiger partial charge in [-0.3, -0.25) is 12.2 Å². The molecule has 22 heavy (non-hydrogen) atoms. The molecule has 0 N–H and O–H groups in total. The zero-order chi connectivity index (χ0) is 14.6. The minimum absolute atomic E-state index is 0. The van der Waals surface area contributed by atoms with Gasteiger partial charge in [0.25, 0.3) is 0 Å². The molecule has 0 heterocycles. The van der Waals surface area contributed by atoms with E-state index in [2.05, 4.69) is 68.5 Å². The van der Waals surface area contributed by atoms with E-state index < -0.39 is 0 Å². The first-order valence-corrected chi connectivity index (χ1v) is 7.99. The molecule has 0 saturated carbocycles. The Kier molecular flexibility index (Phi) is 16.7. The largest absolute Gasteiger partial charge is 0.273 e. The van der Waals surface area contributed by atoms with Crippen LogP contribution in [0.25, 0.3) is 0 Å². The smallest absolute Gasteiger partial charge is 0.109 e. The van der Waals surface area contributed by atoms with Gasteiger partial charge >= 0.3 is 70.3 Å². The van der Waals surface area contributed by atoms with Crippen molar-refractivity contribution in [3.05, 3.63) is 84.0 Å². The van der Waals surface area contributed by atoms with Crippen molar-refractivity contribution in [1.82, 2.24) is 0 Å². The van der Waals surface area contributed by atoms with Gasteiger partial charge in [0.15, 0.2) is 0 Å². The van der Waals surface area contributed by atoms with Crippen molar-refractivity contribution in [2.24, 2.45) is 0 Å². The first-order chi connectivity index (χ1) is 9.70. The number of allylic oxidation sites excluding steroid dienone is 8. The van der Waals surface area contributed by atoms with E-state index in [1.54, 1.807) is 0 Å². The zero-order valence-corrected chi connectivity index (χ0v) is 17.1. The first kappa shape index (κ1) is 23.8. The van der Waals surface area contributed by atoms with Crippen LogP contribution in [0.1, 0.15) is 32.3 Å². The van der Waals surface area contributed by atoms with Crippen molar-refractivity contribution in [3.8, 4) is 0 Å². The number of hydrogen-bond acceptors (Lipinski definition) is 0. The molecule has 0 aromatic heterocycles. The molecule has 0 bridgehead atoms. The van der Waals surface area contributed by atoms with Crippen LogP contribution >= 0.6 is 24.8 Å². The molecule has 3 heteroatoms. The fraction of sp³-hybridized carbons (Fsp3) is 0.211. The molecule has 2 aliphatic carbocycles. The zero-order valence-electron chi connectivity index (χ0n) is 13.0. The van der Waals surface area contributed by atoms with Gasteiger partial charge < -0.3 is 0 Å². The standard InChI is InChI=1S/C8H8.C6H7.C5H5.2ClH.Zr/c1-2-8-6-4-3-5-7-8;1-6-4-2-3-5-6;1-2-4-5-3-1;;;/h3-7H,1H3;2,4H,3H2,1H3;1-3H,4H2;2*1H;/q;2*-1;;;+2. The Morgan fingerprint density at radius 1 is 1.05 bits per heavy atom. The topological polar surface area (TPSA) is 0 Å². The number of hydrogen-bond donors (Lipinski definition) is 0. The van der Waals surface area contributed by atoms with Crippen LogP contribution in [0.4, 0.5) is 0 Å². The van der Waals surface area contributed by atoms with E-state index in [9.17, 15) is 0 Å². The van der Waals surface area contributed by atoms with Gasteiger partial charge in [-0.25, -0.2) is 23.8 Å². The third kappa shape index (κ3) is 12.1. The summed E-state index contributed by atoms with van der Waals surface area (Å²) in [6.45, 7) is 4.22. The summed E-state index contributed by atoms with van der Waals surface area (Å²) in [4.78, 5) is 0. The summed E-state index contributed by atoms with van der Waals surface area (Å²) in [7, 11) is 0. The van der Waals surface area contributed by atoms with Crippen molar-refractivity contribution in [1.29, 1.82) is 0 Å². The summed E-state index contributed by atoms with van der Waals surface area (Å²) in [5.41, 5.74) is 2.64. The molecule has 1 aromatic carbocycles. The average Bonchev–Trinajstić information content (AvgIpc) is 3.16. The second-order valence-corrected chi connectivity index (χ2v) is 6.30. The molecule has 0 atom stereocenters. The molecular weight excluding hydrogens is 390 g/mol. The van der Waals surface area contributed by atoms with E-state index in [4.69, 9.17) is 0 Å². The third-order valence-electron chi connectivity index (χ3n) is 2.66. The van der Waals surface area contributed by atoms with Crippen LogP contribution in [-0.4, -0.2) is 3.21 Å². The van der Waals surface area contributed by atoms with Crippen LogP contribution in [-0.2, 0) is 24.2 Å². The quantitative estimate of drug-likeness (QED) is 0.525. The van der Waals surface area contributed by atoms with Crippen molar-refractivity contribution in [3.63, 3.8) is 0 Å². The molecule has 0 nitrogen and oxygen atoms in total. The summed E-state index contributed by atoms with van der Waals surface area (Å²) < 4.78 is 1.46. The van der Waals surface area contributed by atoms with Crippen LogP contribution in [0.2, 0.25) is 0 Å². The predicted octanol–water partition coefficient (Wildman–Crippen LogP) is 5.62. The predicted molar refractivity (Wildman–Crippen MR) is 98.5 cm³/mol. The minimum atomic E-state index is 0. The summed E-state index contributed by atoms with van der Waals surface area (Å²) >= 11 is 1.51. The SMILES string of the molecule is CC1=[C-]CC=C1.C[C](=[Zr+2])c1ccccc1.Cl.Cl.[C-]1=CC=CC1. The Hall–Kier alpha value is -0.487. The molecule has 0 aliphatic heterocycles.